The van der Waals surface area contributed by atoms with Crippen LogP contribution in [-0.4, -0.2) is 32.6 Å². The van der Waals surface area contributed by atoms with E-state index in [1.165, 1.54) is 21.6 Å². The van der Waals surface area contributed by atoms with Gasteiger partial charge < -0.3 is 4.90 Å². The minimum atomic E-state index is -2.06. The number of rotatable bonds is 8. The third kappa shape index (κ3) is 3.82. The summed E-state index contributed by atoms with van der Waals surface area (Å²) in [7, 11) is -2.06. The Labute approximate surface area is 159 Å². The summed E-state index contributed by atoms with van der Waals surface area (Å²) in [6.07, 6.45) is 0. The number of hydrogen-bond acceptors (Lipinski definition) is 1. The number of nitrogens with zero attached hydrogens (tertiary/aromatic N) is 1. The molecule has 0 unspecified atom stereocenters. The first-order valence-corrected chi connectivity index (χ1v) is 11.9. The van der Waals surface area contributed by atoms with Gasteiger partial charge in [-0.05, 0) is 41.2 Å². The van der Waals surface area contributed by atoms with E-state index in [1.54, 1.807) is 0 Å². The lowest BCUT2D eigenvalue weighted by molar-refractivity contribution is 0.320. The van der Waals surface area contributed by atoms with Crippen molar-refractivity contribution in [1.29, 1.82) is 0 Å². The Balaban J connectivity index is 2.18. The van der Waals surface area contributed by atoms with Crippen molar-refractivity contribution < 1.29 is 0 Å². The van der Waals surface area contributed by atoms with E-state index in [4.69, 9.17) is 0 Å². The Hall–Kier alpha value is -2.16. The van der Waals surface area contributed by atoms with Crippen LogP contribution in [0.4, 0.5) is 0 Å². The Morgan fingerprint density at radius 2 is 0.923 bits per heavy atom. The lowest BCUT2D eigenvalue weighted by atomic mass is 10.3. The fraction of sp³-hybridized carbons (Fsp3) is 0.250. The van der Waals surface area contributed by atoms with E-state index in [0.717, 1.165) is 19.6 Å². The monoisotopic (exact) mass is 359 g/mol. The van der Waals surface area contributed by atoms with Crippen LogP contribution in [0.15, 0.2) is 91.0 Å². The van der Waals surface area contributed by atoms with Crippen molar-refractivity contribution in [2.75, 3.05) is 19.6 Å². The first-order valence-electron chi connectivity index (χ1n) is 9.70. The van der Waals surface area contributed by atoms with Gasteiger partial charge in [0.25, 0.3) is 0 Å². The highest BCUT2D eigenvalue weighted by Crippen LogP contribution is 2.14. The van der Waals surface area contributed by atoms with Crippen LogP contribution in [0.25, 0.3) is 0 Å². The van der Waals surface area contributed by atoms with Crippen molar-refractivity contribution in [1.82, 2.24) is 4.90 Å². The predicted octanol–water partition coefficient (Wildman–Crippen LogP) is 3.50. The van der Waals surface area contributed by atoms with E-state index in [9.17, 15) is 0 Å². The van der Waals surface area contributed by atoms with Crippen molar-refractivity contribution in [3.8, 4) is 0 Å². The molecule has 0 radical (unpaired) electrons. The third-order valence-corrected chi connectivity index (χ3v) is 10.4. The summed E-state index contributed by atoms with van der Waals surface area (Å²) in [4.78, 5) is 2.55. The van der Waals surface area contributed by atoms with Gasteiger partial charge in [-0.25, -0.2) is 0 Å². The van der Waals surface area contributed by atoms with Crippen molar-refractivity contribution in [3.05, 3.63) is 91.0 Å². The van der Waals surface area contributed by atoms with Crippen LogP contribution in [0.5, 0.6) is 0 Å². The highest BCUT2D eigenvalue weighted by molar-refractivity contribution is 7.11. The standard InChI is InChI=1S/C24H29NSi/c1-3-25(4-2)20-21-26(22-14-8-5-9-15-22,23-16-10-6-11-17-23)24-18-12-7-13-19-24/h5-19H,3-4,20-21H2,1-2H3. The van der Waals surface area contributed by atoms with E-state index in [0.29, 0.717) is 0 Å². The average Bonchev–Trinajstić information content (AvgIpc) is 2.74. The van der Waals surface area contributed by atoms with Crippen molar-refractivity contribution in [2.24, 2.45) is 0 Å². The normalized spacial score (nSPS) is 11.7. The maximum Gasteiger partial charge on any atom is 0.149 e. The molecule has 0 saturated carbocycles. The molecule has 2 heteroatoms. The molecule has 0 N–H and O–H groups in total. The molecule has 0 aliphatic carbocycles. The summed E-state index contributed by atoms with van der Waals surface area (Å²) in [5, 5.41) is 4.51. The van der Waals surface area contributed by atoms with Crippen molar-refractivity contribution in [3.63, 3.8) is 0 Å². The smallest absolute Gasteiger partial charge is 0.149 e. The van der Waals surface area contributed by atoms with Crippen LogP contribution in [0.3, 0.4) is 0 Å². The summed E-state index contributed by atoms with van der Waals surface area (Å²) in [5.41, 5.74) is 0. The number of benzene rings is 3. The molecule has 0 heterocycles. The highest BCUT2D eigenvalue weighted by atomic mass is 28.3. The Kier molecular flexibility index (Phi) is 6.43. The van der Waals surface area contributed by atoms with Gasteiger partial charge in [0.05, 0.1) is 0 Å². The molecule has 3 rings (SSSR count). The molecule has 0 amide bonds. The largest absolute Gasteiger partial charge is 0.304 e. The topological polar surface area (TPSA) is 3.24 Å². The van der Waals surface area contributed by atoms with E-state index in [2.05, 4.69) is 110 Å². The quantitative estimate of drug-likeness (QED) is 0.439. The third-order valence-electron chi connectivity index (χ3n) is 5.50. The van der Waals surface area contributed by atoms with Crippen LogP contribution in [-0.2, 0) is 0 Å². The maximum absolute atomic E-state index is 2.55. The SMILES string of the molecule is CCN(CC)CC[Si](c1ccccc1)(c1ccccc1)c1ccccc1. The lowest BCUT2D eigenvalue weighted by Gasteiger charge is -2.35. The van der Waals surface area contributed by atoms with Crippen LogP contribution < -0.4 is 15.6 Å². The zero-order valence-corrected chi connectivity index (χ0v) is 16.9. The minimum Gasteiger partial charge on any atom is -0.304 e. The zero-order chi connectivity index (χ0) is 18.2. The fourth-order valence-electron chi connectivity index (χ4n) is 3.97. The Morgan fingerprint density at radius 1 is 0.577 bits per heavy atom. The second-order valence-electron chi connectivity index (χ2n) is 6.78. The van der Waals surface area contributed by atoms with E-state index >= 15 is 0 Å². The van der Waals surface area contributed by atoms with Gasteiger partial charge >= 0.3 is 0 Å². The molecule has 0 aliphatic rings. The van der Waals surface area contributed by atoms with Gasteiger partial charge in [0, 0.05) is 0 Å². The first-order chi connectivity index (χ1) is 12.8. The lowest BCUT2D eigenvalue weighted by Crippen LogP contribution is -2.67. The number of hydrogen-bond donors (Lipinski definition) is 0. The molecular weight excluding hydrogens is 330 g/mol. The fourth-order valence-corrected chi connectivity index (χ4v) is 8.77. The van der Waals surface area contributed by atoms with E-state index in [-0.39, 0.29) is 0 Å². The van der Waals surface area contributed by atoms with Gasteiger partial charge in [-0.15, -0.1) is 0 Å². The van der Waals surface area contributed by atoms with E-state index < -0.39 is 8.07 Å². The molecule has 0 aromatic heterocycles. The van der Waals surface area contributed by atoms with Gasteiger partial charge in [-0.1, -0.05) is 105 Å². The Bertz CT molecular complexity index is 670. The van der Waals surface area contributed by atoms with Gasteiger partial charge in [-0.3, -0.25) is 0 Å². The zero-order valence-electron chi connectivity index (χ0n) is 15.9. The molecule has 1 nitrogen and oxygen atoms in total. The second-order valence-corrected chi connectivity index (χ2v) is 10.8. The maximum atomic E-state index is 2.55. The molecule has 134 valence electrons. The van der Waals surface area contributed by atoms with Gasteiger partial charge in [-0.2, -0.15) is 0 Å². The molecule has 0 spiro atoms. The molecule has 0 aliphatic heterocycles. The molecule has 0 atom stereocenters. The van der Waals surface area contributed by atoms with E-state index in [1.807, 2.05) is 0 Å². The molecule has 0 bridgehead atoms. The molecule has 0 saturated heterocycles. The van der Waals surface area contributed by atoms with Crippen LogP contribution in [0.2, 0.25) is 6.04 Å². The van der Waals surface area contributed by atoms with Crippen LogP contribution in [0, 0.1) is 0 Å². The van der Waals surface area contributed by atoms with Crippen molar-refractivity contribution in [2.45, 2.75) is 19.9 Å². The summed E-state index contributed by atoms with van der Waals surface area (Å²) in [6.45, 7) is 7.89. The first kappa shape index (κ1) is 18.6. The average molecular weight is 360 g/mol. The second kappa shape index (κ2) is 8.97. The minimum absolute atomic E-state index is 1.11. The van der Waals surface area contributed by atoms with Gasteiger partial charge in [0.15, 0.2) is 0 Å². The van der Waals surface area contributed by atoms with Crippen LogP contribution >= 0.6 is 0 Å². The molecule has 26 heavy (non-hydrogen) atoms. The predicted molar refractivity (Wildman–Crippen MR) is 117 cm³/mol. The van der Waals surface area contributed by atoms with Gasteiger partial charge in [0.1, 0.15) is 8.07 Å². The molecule has 0 fully saturated rings. The van der Waals surface area contributed by atoms with Gasteiger partial charge in [0.2, 0.25) is 0 Å². The molecule has 3 aromatic carbocycles. The summed E-state index contributed by atoms with van der Waals surface area (Å²) >= 11 is 0. The summed E-state index contributed by atoms with van der Waals surface area (Å²) in [6, 6.07) is 34.8. The van der Waals surface area contributed by atoms with Crippen molar-refractivity contribution >= 4 is 23.6 Å². The summed E-state index contributed by atoms with van der Waals surface area (Å²) in [5.74, 6) is 0. The molecule has 3 aromatic rings. The summed E-state index contributed by atoms with van der Waals surface area (Å²) < 4.78 is 0. The molecular formula is C24H29NSi. The van der Waals surface area contributed by atoms with Crippen LogP contribution in [0.1, 0.15) is 13.8 Å². The Morgan fingerprint density at radius 3 is 1.23 bits per heavy atom. The highest BCUT2D eigenvalue weighted by Gasteiger charge is 2.38.